The molecule has 4 rings (SSSR count). The first-order chi connectivity index (χ1) is 13.9. The van der Waals surface area contributed by atoms with Crippen molar-refractivity contribution in [3.05, 3.63) is 48.2 Å². The van der Waals surface area contributed by atoms with Crippen LogP contribution in [0.25, 0.3) is 28.0 Å². The van der Waals surface area contributed by atoms with Crippen molar-refractivity contribution in [3.63, 3.8) is 0 Å². The Bertz CT molecular complexity index is 1240. The number of hydrogen-bond acceptors (Lipinski definition) is 6. The Balaban J connectivity index is 2.03. The molecule has 2 heterocycles. The summed E-state index contributed by atoms with van der Waals surface area (Å²) in [5, 5.41) is 29.4. The molecule has 0 radical (unpaired) electrons. The quantitative estimate of drug-likeness (QED) is 0.489. The Morgan fingerprint density at radius 1 is 1.17 bits per heavy atom. The maximum atomic E-state index is 11.4. The number of ether oxygens (including phenoxy) is 1. The van der Waals surface area contributed by atoms with Gasteiger partial charge in [-0.05, 0) is 36.2 Å². The molecule has 1 amide bonds. The van der Waals surface area contributed by atoms with Crippen LogP contribution in [0.2, 0.25) is 0 Å². The van der Waals surface area contributed by atoms with E-state index in [-0.39, 0.29) is 23.3 Å². The predicted molar refractivity (Wildman–Crippen MR) is 106 cm³/mol. The number of carbonyl (C=O) groups excluding carboxylic acids is 1. The summed E-state index contributed by atoms with van der Waals surface area (Å²) in [4.78, 5) is 11.4. The lowest BCUT2D eigenvalue weighted by Crippen LogP contribution is -2.18. The number of primary amides is 1. The Labute approximate surface area is 165 Å². The third-order valence-corrected chi connectivity index (χ3v) is 4.79. The Kier molecular flexibility index (Phi) is 4.34. The minimum absolute atomic E-state index is 0.0152. The van der Waals surface area contributed by atoms with E-state index < -0.39 is 6.09 Å². The van der Waals surface area contributed by atoms with E-state index in [1.807, 2.05) is 49.0 Å². The number of nitrogens with two attached hydrogens (primary N) is 1. The molecule has 4 aromatic rings. The van der Waals surface area contributed by atoms with Crippen LogP contribution in [0.1, 0.15) is 12.5 Å². The second-order valence-corrected chi connectivity index (χ2v) is 6.55. The van der Waals surface area contributed by atoms with E-state index in [4.69, 9.17) is 10.5 Å². The zero-order valence-corrected chi connectivity index (χ0v) is 15.8. The maximum absolute atomic E-state index is 11.4. The molecule has 0 fully saturated rings. The fraction of sp³-hybridized carbons (Fsp3) is 0.150. The Morgan fingerprint density at radius 2 is 1.97 bits per heavy atom. The van der Waals surface area contributed by atoms with Crippen molar-refractivity contribution in [2.45, 2.75) is 13.3 Å². The van der Waals surface area contributed by atoms with Gasteiger partial charge in [0.1, 0.15) is 11.5 Å². The van der Waals surface area contributed by atoms with E-state index in [0.717, 1.165) is 10.9 Å². The summed E-state index contributed by atoms with van der Waals surface area (Å²) in [6, 6.07) is 10.3. The van der Waals surface area contributed by atoms with Crippen LogP contribution in [0.4, 0.5) is 4.79 Å². The smallest absolute Gasteiger partial charge is 0.412 e. The third-order valence-electron chi connectivity index (χ3n) is 4.79. The number of benzene rings is 2. The van der Waals surface area contributed by atoms with E-state index in [0.29, 0.717) is 23.2 Å². The van der Waals surface area contributed by atoms with Crippen LogP contribution >= 0.6 is 0 Å². The molecular formula is C20H19N5O4. The average molecular weight is 393 g/mol. The molecule has 0 aliphatic rings. The highest BCUT2D eigenvalue weighted by Gasteiger charge is 2.23. The Hall–Kier alpha value is -4.01. The number of phenols is 2. The molecule has 9 heteroatoms. The lowest BCUT2D eigenvalue weighted by molar-refractivity contribution is 0.206. The zero-order valence-electron chi connectivity index (χ0n) is 15.8. The van der Waals surface area contributed by atoms with Gasteiger partial charge in [-0.25, -0.2) is 9.36 Å². The van der Waals surface area contributed by atoms with E-state index in [1.165, 1.54) is 10.6 Å². The average Bonchev–Trinajstić information content (AvgIpc) is 3.25. The van der Waals surface area contributed by atoms with Crippen LogP contribution in [0.5, 0.6) is 17.5 Å². The van der Waals surface area contributed by atoms with Gasteiger partial charge in [0.05, 0.1) is 11.3 Å². The minimum atomic E-state index is -1.03. The fourth-order valence-corrected chi connectivity index (χ4v) is 3.38. The van der Waals surface area contributed by atoms with E-state index in [9.17, 15) is 15.0 Å². The van der Waals surface area contributed by atoms with Gasteiger partial charge in [-0.1, -0.05) is 18.1 Å². The molecule has 0 saturated carbocycles. The largest absolute Gasteiger partial charge is 0.508 e. The topological polar surface area (TPSA) is 128 Å². The monoisotopic (exact) mass is 393 g/mol. The van der Waals surface area contributed by atoms with Gasteiger partial charge in [0.25, 0.3) is 0 Å². The number of aromatic hydroxyl groups is 2. The number of rotatable bonds is 4. The summed E-state index contributed by atoms with van der Waals surface area (Å²) in [6.45, 7) is 1.88. The van der Waals surface area contributed by atoms with Crippen molar-refractivity contribution >= 4 is 17.0 Å². The number of aromatic nitrogens is 4. The molecule has 0 unspecified atom stereocenters. The highest BCUT2D eigenvalue weighted by Crippen LogP contribution is 2.38. The van der Waals surface area contributed by atoms with Crippen LogP contribution < -0.4 is 10.5 Å². The summed E-state index contributed by atoms with van der Waals surface area (Å²) in [7, 11) is 1.92. The predicted octanol–water partition coefficient (Wildman–Crippen LogP) is 2.86. The number of amides is 1. The van der Waals surface area contributed by atoms with E-state index in [2.05, 4.69) is 10.2 Å². The first-order valence-corrected chi connectivity index (χ1v) is 8.93. The standard InChI is InChI=1S/C20H19N5O4/c1-3-11-9-13(17(27)10-16(11)26)18-22-23-20(29-19(21)28)25(18)15-6-4-5-14-12(15)7-8-24(14)2/h4-10,26-27H,3H2,1-2H3,(H2,21,28). The van der Waals surface area contributed by atoms with Crippen LogP contribution in [-0.2, 0) is 13.5 Å². The maximum Gasteiger partial charge on any atom is 0.412 e. The summed E-state index contributed by atoms with van der Waals surface area (Å²) in [6.07, 6.45) is 1.42. The molecule has 9 nitrogen and oxygen atoms in total. The molecule has 0 aliphatic heterocycles. The lowest BCUT2D eigenvalue weighted by atomic mass is 10.1. The molecule has 0 saturated heterocycles. The lowest BCUT2D eigenvalue weighted by Gasteiger charge is -2.13. The molecule has 2 aromatic carbocycles. The second kappa shape index (κ2) is 6.86. The number of fused-ring (bicyclic) bond motifs is 1. The van der Waals surface area contributed by atoms with Gasteiger partial charge < -0.3 is 25.3 Å². The molecule has 0 atom stereocenters. The minimum Gasteiger partial charge on any atom is -0.508 e. The highest BCUT2D eigenvalue weighted by molar-refractivity contribution is 5.90. The molecule has 0 spiro atoms. The van der Waals surface area contributed by atoms with Gasteiger partial charge in [0.2, 0.25) is 0 Å². The molecule has 0 aliphatic carbocycles. The molecule has 0 bridgehead atoms. The number of aryl methyl sites for hydroxylation is 2. The first kappa shape index (κ1) is 18.4. The van der Waals surface area contributed by atoms with Crippen LogP contribution in [0.3, 0.4) is 0 Å². The molecule has 148 valence electrons. The first-order valence-electron chi connectivity index (χ1n) is 8.93. The van der Waals surface area contributed by atoms with Crippen molar-refractivity contribution in [1.82, 2.24) is 19.3 Å². The number of carbonyl (C=O) groups is 1. The van der Waals surface area contributed by atoms with Gasteiger partial charge in [0.15, 0.2) is 5.82 Å². The van der Waals surface area contributed by atoms with E-state index >= 15 is 0 Å². The number of phenolic OH excluding ortho intramolecular Hbond substituents is 2. The molecule has 29 heavy (non-hydrogen) atoms. The zero-order chi connectivity index (χ0) is 20.7. The highest BCUT2D eigenvalue weighted by atomic mass is 16.6. The van der Waals surface area contributed by atoms with Gasteiger partial charge in [-0.2, -0.15) is 0 Å². The van der Waals surface area contributed by atoms with Crippen LogP contribution in [-0.4, -0.2) is 35.6 Å². The molecule has 4 N–H and O–H groups in total. The SMILES string of the molecule is CCc1cc(-c2nnc(OC(N)=O)n2-c2cccc3c2ccn3C)c(O)cc1O. The summed E-state index contributed by atoms with van der Waals surface area (Å²) < 4.78 is 8.53. The third kappa shape index (κ3) is 3.02. The Morgan fingerprint density at radius 3 is 2.69 bits per heavy atom. The second-order valence-electron chi connectivity index (χ2n) is 6.55. The van der Waals surface area contributed by atoms with Gasteiger partial charge in [-0.15, -0.1) is 5.10 Å². The number of hydrogen-bond donors (Lipinski definition) is 3. The summed E-state index contributed by atoms with van der Waals surface area (Å²) >= 11 is 0. The van der Waals surface area contributed by atoms with Crippen molar-refractivity contribution in [2.75, 3.05) is 0 Å². The van der Waals surface area contributed by atoms with E-state index in [1.54, 1.807) is 6.07 Å². The van der Waals surface area contributed by atoms with Crippen LogP contribution in [0.15, 0.2) is 42.6 Å². The summed E-state index contributed by atoms with van der Waals surface area (Å²) in [5.74, 6) is 0.0441. The normalized spacial score (nSPS) is 11.1. The molecule has 2 aromatic heterocycles. The van der Waals surface area contributed by atoms with Crippen LogP contribution in [0, 0.1) is 0 Å². The molecular weight excluding hydrogens is 374 g/mol. The van der Waals surface area contributed by atoms with Crippen molar-refractivity contribution in [1.29, 1.82) is 0 Å². The fourth-order valence-electron chi connectivity index (χ4n) is 3.38. The van der Waals surface area contributed by atoms with Gasteiger partial charge in [0, 0.05) is 30.2 Å². The van der Waals surface area contributed by atoms with Gasteiger partial charge in [-0.3, -0.25) is 0 Å². The summed E-state index contributed by atoms with van der Waals surface area (Å²) in [5.41, 5.74) is 7.75. The van der Waals surface area contributed by atoms with Gasteiger partial charge >= 0.3 is 12.1 Å². The number of nitrogens with zero attached hydrogens (tertiary/aromatic N) is 4. The van der Waals surface area contributed by atoms with Crippen molar-refractivity contribution < 1.29 is 19.7 Å². The van der Waals surface area contributed by atoms with Crippen molar-refractivity contribution in [3.8, 4) is 34.6 Å². The van der Waals surface area contributed by atoms with Crippen molar-refractivity contribution in [2.24, 2.45) is 12.8 Å².